The summed E-state index contributed by atoms with van der Waals surface area (Å²) in [7, 11) is -0.510. The highest BCUT2D eigenvalue weighted by molar-refractivity contribution is 6.56. The Balaban J connectivity index is 1.64. The van der Waals surface area contributed by atoms with Crippen molar-refractivity contribution in [2.75, 3.05) is 26.3 Å². The summed E-state index contributed by atoms with van der Waals surface area (Å²) in [5.41, 5.74) is 5.30. The Morgan fingerprint density at radius 1 is 1.04 bits per heavy atom. The first-order chi connectivity index (χ1) is 24.0. The van der Waals surface area contributed by atoms with Gasteiger partial charge in [0.05, 0.1) is 24.4 Å². The van der Waals surface area contributed by atoms with E-state index in [1.165, 1.54) is 27.7 Å². The lowest BCUT2D eigenvalue weighted by Gasteiger charge is -2.32. The van der Waals surface area contributed by atoms with Crippen LogP contribution in [0.4, 0.5) is 4.79 Å². The van der Waals surface area contributed by atoms with Crippen molar-refractivity contribution in [1.82, 2.24) is 9.88 Å². The van der Waals surface area contributed by atoms with Crippen molar-refractivity contribution in [1.29, 1.82) is 0 Å². The van der Waals surface area contributed by atoms with Crippen LogP contribution in [0.2, 0.25) is 0 Å². The van der Waals surface area contributed by atoms with Crippen LogP contribution in [-0.2, 0) is 30.0 Å². The first kappa shape index (κ1) is 39.9. The predicted molar refractivity (Wildman–Crippen MR) is 203 cm³/mol. The van der Waals surface area contributed by atoms with E-state index in [0.29, 0.717) is 11.8 Å². The van der Waals surface area contributed by atoms with Crippen molar-refractivity contribution in [3.63, 3.8) is 0 Å². The molecule has 2 aliphatic rings. The van der Waals surface area contributed by atoms with Gasteiger partial charge in [-0.25, -0.2) is 14.6 Å². The van der Waals surface area contributed by atoms with Crippen LogP contribution < -0.4 is 4.74 Å². The molecule has 1 aromatic carbocycles. The van der Waals surface area contributed by atoms with Crippen LogP contribution >= 0.6 is 0 Å². The summed E-state index contributed by atoms with van der Waals surface area (Å²) in [5.74, 6) is 0.624. The van der Waals surface area contributed by atoms with E-state index in [2.05, 4.69) is 78.8 Å². The molecule has 2 heterocycles. The molecule has 2 aromatic rings. The maximum Gasteiger partial charge on any atom is 0.491 e. The molecule has 51 heavy (non-hydrogen) atoms. The molecule has 1 fully saturated rings. The summed E-state index contributed by atoms with van der Waals surface area (Å²) in [6, 6.07) is 12.5. The van der Waals surface area contributed by atoms with Gasteiger partial charge in [0.25, 0.3) is 0 Å². The standard InChI is InChI=1S/C41H57BN2O7/c1-12-34(42-50-40(8,9)41(10,11)51-42)37(33-26-31-18-15-14-17-30(31)25-28(3)29(33)4)32-20-21-35(43-27-32)48-24-23-44(38(46)49-39(5,6)7)22-16-19-36(45)47-13-2/h14-21,26-29H,12-13,22-25H2,1-11H3/b19-16+,37-34+. The highest BCUT2D eigenvalue weighted by Crippen LogP contribution is 2.45. The molecule has 1 aliphatic carbocycles. The Bertz CT molecular complexity index is 1600. The Morgan fingerprint density at radius 3 is 2.33 bits per heavy atom. The molecule has 0 N–H and O–H groups in total. The first-order valence-electron chi connectivity index (χ1n) is 18.2. The summed E-state index contributed by atoms with van der Waals surface area (Å²) < 4.78 is 29.9. The normalized spacial score (nSPS) is 20.2. The molecule has 0 radical (unpaired) electrons. The monoisotopic (exact) mass is 700 g/mol. The van der Waals surface area contributed by atoms with E-state index in [9.17, 15) is 9.59 Å². The van der Waals surface area contributed by atoms with Gasteiger partial charge in [-0.1, -0.05) is 57.2 Å². The molecule has 10 heteroatoms. The lowest BCUT2D eigenvalue weighted by Crippen LogP contribution is -2.41. The Morgan fingerprint density at radius 2 is 1.73 bits per heavy atom. The van der Waals surface area contributed by atoms with Gasteiger partial charge in [-0.15, -0.1) is 0 Å². The fourth-order valence-corrected chi connectivity index (χ4v) is 6.20. The topological polar surface area (TPSA) is 96.4 Å². The van der Waals surface area contributed by atoms with Crippen molar-refractivity contribution >= 4 is 30.8 Å². The molecule has 1 aliphatic heterocycles. The van der Waals surface area contributed by atoms with E-state index in [-0.39, 0.29) is 32.2 Å². The average molecular weight is 701 g/mol. The zero-order valence-electron chi connectivity index (χ0n) is 32.5. The molecule has 1 amide bonds. The molecule has 1 saturated heterocycles. The fourth-order valence-electron chi connectivity index (χ4n) is 6.20. The zero-order valence-corrected chi connectivity index (χ0v) is 32.5. The average Bonchev–Trinajstić information content (AvgIpc) is 3.18. The van der Waals surface area contributed by atoms with Crippen LogP contribution in [0.5, 0.6) is 5.88 Å². The number of amides is 1. The molecule has 2 unspecified atom stereocenters. The molecule has 1 aromatic heterocycles. The maximum atomic E-state index is 13.0. The van der Waals surface area contributed by atoms with Crippen LogP contribution in [0.3, 0.4) is 0 Å². The SMILES string of the molecule is CCOC(=O)/C=C/CN(CCOc1ccc(/C(C2=Cc3ccccc3CC(C)C2C)=C(/CC)B2OC(C)(C)C(C)(C)O2)cn1)C(=O)OC(C)(C)C. The number of carbonyl (C=O) groups excluding carboxylic acids is 2. The Labute approximate surface area is 305 Å². The van der Waals surface area contributed by atoms with Gasteiger partial charge in [0.2, 0.25) is 5.88 Å². The molecule has 0 saturated carbocycles. The molecule has 0 spiro atoms. The number of nitrogens with zero attached hydrogens (tertiary/aromatic N) is 2. The highest BCUT2D eigenvalue weighted by Gasteiger charge is 2.52. The first-order valence-corrected chi connectivity index (χ1v) is 18.2. The van der Waals surface area contributed by atoms with Crippen molar-refractivity contribution in [2.45, 2.75) is 106 Å². The van der Waals surface area contributed by atoms with Crippen LogP contribution in [0, 0.1) is 11.8 Å². The second kappa shape index (κ2) is 16.6. The van der Waals surface area contributed by atoms with Crippen molar-refractivity contribution in [3.8, 4) is 5.88 Å². The van der Waals surface area contributed by atoms with Gasteiger partial charge >= 0.3 is 19.2 Å². The third-order valence-corrected chi connectivity index (χ3v) is 9.93. The number of ether oxygens (including phenoxy) is 3. The van der Waals surface area contributed by atoms with E-state index >= 15 is 0 Å². The van der Waals surface area contributed by atoms with Crippen LogP contribution in [0.1, 0.15) is 99.3 Å². The molecule has 0 bridgehead atoms. The number of benzene rings is 1. The highest BCUT2D eigenvalue weighted by atomic mass is 16.7. The molecule has 2 atom stereocenters. The van der Waals surface area contributed by atoms with Gasteiger partial charge in [-0.2, -0.15) is 0 Å². The third-order valence-electron chi connectivity index (χ3n) is 9.93. The lowest BCUT2D eigenvalue weighted by atomic mass is 9.68. The maximum absolute atomic E-state index is 13.0. The summed E-state index contributed by atoms with van der Waals surface area (Å²) >= 11 is 0. The number of hydrogen-bond acceptors (Lipinski definition) is 8. The molecule has 276 valence electrons. The summed E-state index contributed by atoms with van der Waals surface area (Å²) in [5, 5.41) is 0. The fraction of sp³-hybridized carbons (Fsp3) is 0.537. The van der Waals surface area contributed by atoms with Gasteiger partial charge in [0, 0.05) is 24.9 Å². The number of aromatic nitrogens is 1. The van der Waals surface area contributed by atoms with Crippen molar-refractivity contribution in [2.24, 2.45) is 11.8 Å². The Hall–Kier alpha value is -3.89. The van der Waals surface area contributed by atoms with Crippen LogP contribution in [-0.4, -0.2) is 72.2 Å². The predicted octanol–water partition coefficient (Wildman–Crippen LogP) is 8.52. The molecule has 4 rings (SSSR count). The largest absolute Gasteiger partial charge is 0.491 e. The summed E-state index contributed by atoms with van der Waals surface area (Å²) in [6.45, 7) is 23.1. The number of allylic oxidation sites excluding steroid dienone is 3. The Kier molecular flexibility index (Phi) is 13.0. The van der Waals surface area contributed by atoms with E-state index in [4.69, 9.17) is 28.5 Å². The van der Waals surface area contributed by atoms with Crippen molar-refractivity contribution in [3.05, 3.63) is 82.5 Å². The minimum absolute atomic E-state index is 0.158. The van der Waals surface area contributed by atoms with E-state index in [0.717, 1.165) is 29.5 Å². The number of pyridine rings is 1. The van der Waals surface area contributed by atoms with E-state index in [1.807, 2.05) is 39.1 Å². The second-order valence-electron chi connectivity index (χ2n) is 15.4. The summed E-state index contributed by atoms with van der Waals surface area (Å²) in [4.78, 5) is 31.0. The third kappa shape index (κ3) is 10.1. The van der Waals surface area contributed by atoms with Crippen LogP contribution in [0.25, 0.3) is 11.6 Å². The number of rotatable bonds is 12. The summed E-state index contributed by atoms with van der Waals surface area (Å²) in [6.07, 6.45) is 8.30. The number of carbonyl (C=O) groups is 2. The van der Waals surface area contributed by atoms with Gasteiger partial charge in [0.1, 0.15) is 12.2 Å². The van der Waals surface area contributed by atoms with Gasteiger partial charge < -0.3 is 28.4 Å². The van der Waals surface area contributed by atoms with Gasteiger partial charge in [0.15, 0.2) is 0 Å². The lowest BCUT2D eigenvalue weighted by molar-refractivity contribution is -0.137. The zero-order chi connectivity index (χ0) is 37.6. The smallest absolute Gasteiger partial charge is 0.476 e. The number of esters is 1. The number of fused-ring (bicyclic) bond motifs is 1. The minimum Gasteiger partial charge on any atom is -0.476 e. The van der Waals surface area contributed by atoms with Gasteiger partial charge in [-0.05, 0) is 119 Å². The van der Waals surface area contributed by atoms with Gasteiger partial charge in [-0.3, -0.25) is 0 Å². The minimum atomic E-state index is -0.675. The quantitative estimate of drug-likeness (QED) is 0.124. The molecular formula is C41H57BN2O7. The van der Waals surface area contributed by atoms with Crippen molar-refractivity contribution < 1.29 is 33.1 Å². The number of hydrogen-bond donors (Lipinski definition) is 0. The second-order valence-corrected chi connectivity index (χ2v) is 15.4. The van der Waals surface area contributed by atoms with E-state index < -0.39 is 36.0 Å². The molecule has 9 nitrogen and oxygen atoms in total. The van der Waals surface area contributed by atoms with Crippen LogP contribution in [0.15, 0.2) is 65.8 Å². The molecular weight excluding hydrogens is 643 g/mol. The van der Waals surface area contributed by atoms with E-state index in [1.54, 1.807) is 13.0 Å².